The van der Waals surface area contributed by atoms with Gasteiger partial charge in [-0.3, -0.25) is 4.79 Å². The Morgan fingerprint density at radius 3 is 2.60 bits per heavy atom. The van der Waals surface area contributed by atoms with Gasteiger partial charge in [0.1, 0.15) is 0 Å². The van der Waals surface area contributed by atoms with Crippen LogP contribution in [0.3, 0.4) is 0 Å². The second kappa shape index (κ2) is 6.62. The van der Waals surface area contributed by atoms with Gasteiger partial charge in [0.15, 0.2) is 5.82 Å². The van der Waals surface area contributed by atoms with Gasteiger partial charge in [-0.15, -0.1) is 0 Å². The predicted octanol–water partition coefficient (Wildman–Crippen LogP) is 1.52. The van der Waals surface area contributed by atoms with Crippen LogP contribution in [-0.4, -0.2) is 54.2 Å². The second-order valence-electron chi connectivity index (χ2n) is 9.11. The average Bonchev–Trinajstić information content (AvgIpc) is 3.08. The third-order valence-corrected chi connectivity index (χ3v) is 8.33. The van der Waals surface area contributed by atoms with Gasteiger partial charge in [0, 0.05) is 19.1 Å². The number of carbonyl (C=O) groups excluding carboxylic acids is 1. The monoisotopic (exact) mass is 430 g/mol. The molecule has 1 aliphatic heterocycles. The van der Waals surface area contributed by atoms with Gasteiger partial charge in [0.05, 0.1) is 17.1 Å². The molecule has 160 valence electrons. The summed E-state index contributed by atoms with van der Waals surface area (Å²) in [5, 5.41) is 7.20. The summed E-state index contributed by atoms with van der Waals surface area (Å²) < 4.78 is 31.4. The molecule has 3 atom stereocenters. The van der Waals surface area contributed by atoms with Crippen molar-refractivity contribution in [1.29, 1.82) is 0 Å². The molecule has 2 heterocycles. The molecule has 2 aromatic rings. The number of rotatable bonds is 5. The number of aromatic nitrogens is 2. The minimum atomic E-state index is -3.32. The van der Waals surface area contributed by atoms with E-state index in [1.54, 1.807) is 6.92 Å². The van der Waals surface area contributed by atoms with Crippen molar-refractivity contribution >= 4 is 15.9 Å². The molecule has 3 unspecified atom stereocenters. The number of nitrogens with zero attached hydrogens (tertiary/aromatic N) is 3. The Bertz CT molecular complexity index is 1080. The average molecular weight is 431 g/mol. The molecule has 5 rings (SSSR count). The van der Waals surface area contributed by atoms with Crippen LogP contribution in [0.15, 0.2) is 34.9 Å². The molecule has 1 N–H and O–H groups in total. The van der Waals surface area contributed by atoms with Gasteiger partial charge in [-0.25, -0.2) is 12.7 Å². The summed E-state index contributed by atoms with van der Waals surface area (Å²) in [4.78, 5) is 17.7. The van der Waals surface area contributed by atoms with Crippen molar-refractivity contribution in [2.45, 2.75) is 49.5 Å². The van der Waals surface area contributed by atoms with Crippen LogP contribution in [-0.2, 0) is 25.6 Å². The highest BCUT2D eigenvalue weighted by molar-refractivity contribution is 7.88. The Balaban J connectivity index is 1.38. The Labute approximate surface area is 176 Å². The van der Waals surface area contributed by atoms with E-state index in [1.807, 2.05) is 30.3 Å². The lowest BCUT2D eigenvalue weighted by atomic mass is 9.80. The summed E-state index contributed by atoms with van der Waals surface area (Å²) in [6.07, 6.45) is 4.24. The third kappa shape index (κ3) is 3.06. The topological polar surface area (TPSA) is 105 Å². The molecule has 0 spiro atoms. The molecule has 1 aromatic carbocycles. The zero-order valence-corrected chi connectivity index (χ0v) is 18.0. The predicted molar refractivity (Wildman–Crippen MR) is 109 cm³/mol. The van der Waals surface area contributed by atoms with Gasteiger partial charge < -0.3 is 9.84 Å². The van der Waals surface area contributed by atoms with Crippen LogP contribution in [0.2, 0.25) is 0 Å². The molecule has 9 heteroatoms. The highest BCUT2D eigenvalue weighted by Crippen LogP contribution is 2.52. The highest BCUT2D eigenvalue weighted by atomic mass is 32.2. The third-order valence-electron chi connectivity index (χ3n) is 7.11. The first-order valence-electron chi connectivity index (χ1n) is 10.4. The summed E-state index contributed by atoms with van der Waals surface area (Å²) in [5.74, 6) is 1.11. The van der Waals surface area contributed by atoms with Gasteiger partial charge in [-0.2, -0.15) is 4.98 Å². The maximum atomic E-state index is 13.2. The lowest BCUT2D eigenvalue weighted by molar-refractivity contribution is -0.124. The summed E-state index contributed by atoms with van der Waals surface area (Å²) in [6, 6.07) is 9.88. The normalized spacial score (nSPS) is 30.2. The van der Waals surface area contributed by atoms with E-state index in [4.69, 9.17) is 4.52 Å². The lowest BCUT2D eigenvalue weighted by Gasteiger charge is -2.25. The van der Waals surface area contributed by atoms with E-state index in [0.717, 1.165) is 18.4 Å². The smallest absolute Gasteiger partial charge is 0.234 e. The lowest BCUT2D eigenvalue weighted by Crippen LogP contribution is -2.43. The zero-order chi connectivity index (χ0) is 21.1. The number of fused-ring (bicyclic) bond motifs is 1. The van der Waals surface area contributed by atoms with Crippen LogP contribution in [0.5, 0.6) is 0 Å². The Kier molecular flexibility index (Phi) is 4.34. The molecule has 1 aromatic heterocycles. The van der Waals surface area contributed by atoms with Crippen molar-refractivity contribution in [3.8, 4) is 0 Å². The standard InChI is InChI=1S/C21H26N4O4S/c1-14-22-19(29-24-14)21-11-17(10-16(21)12-25(13-21)30(2,27)28)23-18(26)20(8-9-20)15-6-4-3-5-7-15/h3-7,16-17H,8-13H2,1-2H3,(H,23,26). The molecular formula is C21H26N4O4S. The van der Waals surface area contributed by atoms with Crippen molar-refractivity contribution in [2.24, 2.45) is 5.92 Å². The van der Waals surface area contributed by atoms with E-state index in [-0.39, 0.29) is 17.9 Å². The van der Waals surface area contributed by atoms with E-state index in [2.05, 4.69) is 15.5 Å². The number of benzene rings is 1. The van der Waals surface area contributed by atoms with E-state index in [9.17, 15) is 13.2 Å². The van der Waals surface area contributed by atoms with Crippen LogP contribution >= 0.6 is 0 Å². The maximum Gasteiger partial charge on any atom is 0.234 e. The first-order valence-corrected chi connectivity index (χ1v) is 12.2. The number of carbonyl (C=O) groups is 1. The number of aryl methyl sites for hydroxylation is 1. The van der Waals surface area contributed by atoms with Crippen LogP contribution < -0.4 is 5.32 Å². The molecule has 8 nitrogen and oxygen atoms in total. The summed E-state index contributed by atoms with van der Waals surface area (Å²) in [7, 11) is -3.32. The van der Waals surface area contributed by atoms with Gasteiger partial charge >= 0.3 is 0 Å². The minimum Gasteiger partial charge on any atom is -0.353 e. The molecule has 0 bridgehead atoms. The molecule has 30 heavy (non-hydrogen) atoms. The van der Waals surface area contributed by atoms with Crippen LogP contribution in [0, 0.1) is 12.8 Å². The van der Waals surface area contributed by atoms with Crippen LogP contribution in [0.4, 0.5) is 0 Å². The number of hydrogen-bond donors (Lipinski definition) is 1. The molecule has 0 radical (unpaired) electrons. The number of amides is 1. The molecule has 3 aliphatic rings. The summed E-state index contributed by atoms with van der Waals surface area (Å²) in [6.45, 7) is 2.48. The van der Waals surface area contributed by atoms with Crippen molar-refractivity contribution in [1.82, 2.24) is 19.8 Å². The number of sulfonamides is 1. The van der Waals surface area contributed by atoms with Gasteiger partial charge in [-0.05, 0) is 44.1 Å². The van der Waals surface area contributed by atoms with Gasteiger partial charge in [-0.1, -0.05) is 35.5 Å². The van der Waals surface area contributed by atoms with Crippen LogP contribution in [0.25, 0.3) is 0 Å². The van der Waals surface area contributed by atoms with Crippen LogP contribution in [0.1, 0.15) is 43.0 Å². The van der Waals surface area contributed by atoms with Gasteiger partial charge in [0.2, 0.25) is 21.8 Å². The molecule has 2 aliphatic carbocycles. The minimum absolute atomic E-state index is 0.0317. The van der Waals surface area contributed by atoms with E-state index >= 15 is 0 Å². The molecule has 2 saturated carbocycles. The Morgan fingerprint density at radius 2 is 2.00 bits per heavy atom. The highest BCUT2D eigenvalue weighted by Gasteiger charge is 2.60. The van der Waals surface area contributed by atoms with Gasteiger partial charge in [0.25, 0.3) is 0 Å². The Morgan fingerprint density at radius 1 is 1.27 bits per heavy atom. The first kappa shape index (κ1) is 19.7. The van der Waals surface area contributed by atoms with E-state index < -0.39 is 20.9 Å². The summed E-state index contributed by atoms with van der Waals surface area (Å²) >= 11 is 0. The number of nitrogens with one attached hydrogen (secondary N) is 1. The Hall–Kier alpha value is -2.26. The SMILES string of the molecule is Cc1noc(C23CC(NC(=O)C4(c5ccccc5)CC4)CC2CN(S(C)(=O)=O)C3)n1. The quantitative estimate of drug-likeness (QED) is 0.771. The summed E-state index contributed by atoms with van der Waals surface area (Å²) in [5.41, 5.74) is 0.0868. The fraction of sp³-hybridized carbons (Fsp3) is 0.571. The maximum absolute atomic E-state index is 13.2. The van der Waals surface area contributed by atoms with Crippen molar-refractivity contribution in [2.75, 3.05) is 19.3 Å². The first-order chi connectivity index (χ1) is 14.2. The fourth-order valence-corrected chi connectivity index (χ4v) is 6.29. The van der Waals surface area contributed by atoms with Crippen molar-refractivity contribution in [3.05, 3.63) is 47.6 Å². The van der Waals surface area contributed by atoms with Crippen molar-refractivity contribution < 1.29 is 17.7 Å². The number of hydrogen-bond acceptors (Lipinski definition) is 6. The fourth-order valence-electron chi connectivity index (χ4n) is 5.37. The zero-order valence-electron chi connectivity index (χ0n) is 17.2. The molecule has 1 saturated heterocycles. The van der Waals surface area contributed by atoms with E-state index in [1.165, 1.54) is 10.6 Å². The van der Waals surface area contributed by atoms with E-state index in [0.29, 0.717) is 37.6 Å². The largest absolute Gasteiger partial charge is 0.353 e. The molecular weight excluding hydrogens is 404 g/mol. The second-order valence-corrected chi connectivity index (χ2v) is 11.1. The molecule has 3 fully saturated rings. The molecule has 1 amide bonds. The van der Waals surface area contributed by atoms with Crippen molar-refractivity contribution in [3.63, 3.8) is 0 Å².